The monoisotopic (exact) mass is 186 g/mol. The highest BCUT2D eigenvalue weighted by molar-refractivity contribution is 6.01. The average Bonchev–Trinajstić information content (AvgIpc) is 2.03. The lowest BCUT2D eigenvalue weighted by atomic mass is 9.96. The Bertz CT molecular complexity index is 235. The molecule has 6 heteroatoms. The molecule has 0 unspecified atom stereocenters. The van der Waals surface area contributed by atoms with Crippen molar-refractivity contribution in [3.8, 4) is 0 Å². The molecule has 1 rings (SSSR count). The zero-order valence-electron chi connectivity index (χ0n) is 7.12. The van der Waals surface area contributed by atoms with Gasteiger partial charge in [0.1, 0.15) is 0 Å². The first-order valence-electron chi connectivity index (χ1n) is 3.79. The number of hydroxylamine groups is 1. The van der Waals surface area contributed by atoms with Crippen molar-refractivity contribution in [1.82, 2.24) is 10.8 Å². The summed E-state index contributed by atoms with van der Waals surface area (Å²) in [5.41, 5.74) is 2.09. The molecule has 1 fully saturated rings. The van der Waals surface area contributed by atoms with E-state index in [0.29, 0.717) is 0 Å². The summed E-state index contributed by atoms with van der Waals surface area (Å²) in [7, 11) is 1.29. The van der Waals surface area contributed by atoms with Crippen molar-refractivity contribution in [2.45, 2.75) is 12.8 Å². The first-order chi connectivity index (χ1) is 6.13. The normalized spacial score (nSPS) is 18.2. The van der Waals surface area contributed by atoms with Crippen molar-refractivity contribution in [1.29, 1.82) is 0 Å². The van der Waals surface area contributed by atoms with Crippen LogP contribution in [0.5, 0.6) is 0 Å². The third-order valence-corrected chi connectivity index (χ3v) is 1.72. The second kappa shape index (κ2) is 3.99. The summed E-state index contributed by atoms with van der Waals surface area (Å²) >= 11 is 0. The molecular weight excluding hydrogens is 176 g/mol. The topological polar surface area (TPSA) is 84.5 Å². The number of carbonyl (C=O) groups excluding carboxylic acids is 3. The molecule has 2 N–H and O–H groups in total. The van der Waals surface area contributed by atoms with Gasteiger partial charge in [-0.15, -0.1) is 0 Å². The maximum Gasteiger partial charge on any atom is 0.247 e. The number of hydrogen-bond donors (Lipinski definition) is 2. The van der Waals surface area contributed by atoms with Crippen LogP contribution in [-0.2, 0) is 19.2 Å². The van der Waals surface area contributed by atoms with E-state index in [1.165, 1.54) is 7.11 Å². The number of hydrogen-bond acceptors (Lipinski definition) is 4. The molecule has 0 atom stereocenters. The van der Waals surface area contributed by atoms with Gasteiger partial charge in [-0.3, -0.25) is 24.5 Å². The van der Waals surface area contributed by atoms with Crippen LogP contribution in [0.3, 0.4) is 0 Å². The molecule has 0 aliphatic carbocycles. The largest absolute Gasteiger partial charge is 0.296 e. The molecule has 13 heavy (non-hydrogen) atoms. The van der Waals surface area contributed by atoms with E-state index in [2.05, 4.69) is 15.6 Å². The van der Waals surface area contributed by atoms with Crippen LogP contribution in [0.1, 0.15) is 12.8 Å². The Morgan fingerprint density at radius 1 is 1.46 bits per heavy atom. The summed E-state index contributed by atoms with van der Waals surface area (Å²) in [6, 6.07) is 0. The number of nitrogens with one attached hydrogen (secondary N) is 2. The molecule has 0 bridgehead atoms. The maximum atomic E-state index is 11.1. The van der Waals surface area contributed by atoms with Crippen molar-refractivity contribution in [2.24, 2.45) is 5.92 Å². The fourth-order valence-corrected chi connectivity index (χ4v) is 1.15. The van der Waals surface area contributed by atoms with E-state index in [1.807, 2.05) is 0 Å². The molecule has 0 spiro atoms. The zero-order valence-corrected chi connectivity index (χ0v) is 7.12. The summed E-state index contributed by atoms with van der Waals surface area (Å²) in [5.74, 6) is -1.90. The fourth-order valence-electron chi connectivity index (χ4n) is 1.15. The van der Waals surface area contributed by atoms with Gasteiger partial charge in [-0.1, -0.05) is 0 Å². The fraction of sp³-hybridized carbons (Fsp3) is 0.571. The van der Waals surface area contributed by atoms with Crippen LogP contribution in [0.25, 0.3) is 0 Å². The number of piperidine rings is 1. The van der Waals surface area contributed by atoms with Gasteiger partial charge in [0, 0.05) is 12.8 Å². The van der Waals surface area contributed by atoms with Crippen LogP contribution in [0.15, 0.2) is 0 Å². The van der Waals surface area contributed by atoms with Gasteiger partial charge in [-0.05, 0) is 0 Å². The van der Waals surface area contributed by atoms with E-state index in [9.17, 15) is 14.4 Å². The average molecular weight is 186 g/mol. The Hall–Kier alpha value is -1.43. The van der Waals surface area contributed by atoms with Crippen LogP contribution < -0.4 is 10.8 Å². The van der Waals surface area contributed by atoms with E-state index >= 15 is 0 Å². The van der Waals surface area contributed by atoms with Gasteiger partial charge >= 0.3 is 0 Å². The Balaban J connectivity index is 2.54. The predicted molar refractivity (Wildman–Crippen MR) is 41.0 cm³/mol. The van der Waals surface area contributed by atoms with Crippen molar-refractivity contribution in [3.63, 3.8) is 0 Å². The van der Waals surface area contributed by atoms with Crippen LogP contribution in [0.2, 0.25) is 0 Å². The molecule has 1 aliphatic rings. The van der Waals surface area contributed by atoms with Crippen LogP contribution in [0.4, 0.5) is 0 Å². The molecule has 1 heterocycles. The minimum Gasteiger partial charge on any atom is -0.296 e. The maximum absolute atomic E-state index is 11.1. The molecule has 1 aliphatic heterocycles. The van der Waals surface area contributed by atoms with Crippen molar-refractivity contribution >= 4 is 17.7 Å². The van der Waals surface area contributed by atoms with Gasteiger partial charge in [-0.2, -0.15) is 0 Å². The number of imide groups is 1. The Morgan fingerprint density at radius 2 is 2.00 bits per heavy atom. The lowest BCUT2D eigenvalue weighted by Crippen LogP contribution is -2.44. The molecule has 0 aromatic carbocycles. The van der Waals surface area contributed by atoms with Crippen LogP contribution >= 0.6 is 0 Å². The molecule has 0 aromatic heterocycles. The van der Waals surface area contributed by atoms with Crippen LogP contribution in [-0.4, -0.2) is 24.8 Å². The first-order valence-corrected chi connectivity index (χ1v) is 3.79. The minimum atomic E-state index is -0.610. The second-order valence-corrected chi connectivity index (χ2v) is 2.75. The molecule has 1 saturated heterocycles. The first kappa shape index (κ1) is 9.66. The number of rotatable bonds is 2. The molecule has 0 radical (unpaired) electrons. The van der Waals surface area contributed by atoms with Crippen molar-refractivity contribution in [2.75, 3.05) is 7.11 Å². The van der Waals surface area contributed by atoms with Gasteiger partial charge < -0.3 is 0 Å². The Kier molecular flexibility index (Phi) is 2.97. The molecular formula is C7H10N2O4. The third-order valence-electron chi connectivity index (χ3n) is 1.72. The highest BCUT2D eigenvalue weighted by atomic mass is 16.6. The molecule has 3 amide bonds. The molecule has 72 valence electrons. The van der Waals surface area contributed by atoms with E-state index in [0.717, 1.165) is 0 Å². The summed E-state index contributed by atoms with van der Waals surface area (Å²) in [5, 5.41) is 2.11. The lowest BCUT2D eigenvalue weighted by Gasteiger charge is -2.19. The zero-order chi connectivity index (χ0) is 9.84. The highest BCUT2D eigenvalue weighted by Gasteiger charge is 2.30. The Labute approximate surface area is 74.6 Å². The predicted octanol–water partition coefficient (Wildman–Crippen LogP) is -1.28. The van der Waals surface area contributed by atoms with Gasteiger partial charge in [0.25, 0.3) is 0 Å². The standard InChI is InChI=1S/C7H10N2O4/c1-13-9-7(12)4-2-5(10)8-6(11)3-4/h4H,2-3H2,1H3,(H,9,12)(H,8,10,11). The second-order valence-electron chi connectivity index (χ2n) is 2.75. The minimum absolute atomic E-state index is 0.0287. The molecule has 6 nitrogen and oxygen atoms in total. The van der Waals surface area contributed by atoms with Gasteiger partial charge in [0.05, 0.1) is 13.0 Å². The van der Waals surface area contributed by atoms with Crippen molar-refractivity contribution in [3.05, 3.63) is 0 Å². The third kappa shape index (κ3) is 2.51. The van der Waals surface area contributed by atoms with E-state index in [-0.39, 0.29) is 12.8 Å². The SMILES string of the molecule is CONC(=O)C1CC(=O)NC(=O)C1. The number of carbonyl (C=O) groups is 3. The summed E-state index contributed by atoms with van der Waals surface area (Å²) in [4.78, 5) is 37.2. The summed E-state index contributed by atoms with van der Waals surface area (Å²) in [6.07, 6.45) is 0.0574. The Morgan fingerprint density at radius 3 is 2.46 bits per heavy atom. The highest BCUT2D eigenvalue weighted by Crippen LogP contribution is 2.13. The van der Waals surface area contributed by atoms with E-state index < -0.39 is 23.6 Å². The van der Waals surface area contributed by atoms with Crippen LogP contribution in [0, 0.1) is 5.92 Å². The van der Waals surface area contributed by atoms with Crippen molar-refractivity contribution < 1.29 is 19.2 Å². The quantitative estimate of drug-likeness (QED) is 0.415. The van der Waals surface area contributed by atoms with E-state index in [1.54, 1.807) is 0 Å². The number of amides is 3. The summed E-state index contributed by atoms with van der Waals surface area (Å²) in [6.45, 7) is 0. The van der Waals surface area contributed by atoms with Gasteiger partial charge in [0.2, 0.25) is 17.7 Å². The molecule has 0 aromatic rings. The smallest absolute Gasteiger partial charge is 0.247 e. The summed E-state index contributed by atoms with van der Waals surface area (Å²) < 4.78 is 0. The van der Waals surface area contributed by atoms with Gasteiger partial charge in [0.15, 0.2) is 0 Å². The van der Waals surface area contributed by atoms with E-state index in [4.69, 9.17) is 0 Å². The van der Waals surface area contributed by atoms with Gasteiger partial charge in [-0.25, -0.2) is 5.48 Å². The molecule has 0 saturated carbocycles. The lowest BCUT2D eigenvalue weighted by molar-refractivity contribution is -0.145.